The second-order valence-electron chi connectivity index (χ2n) is 5.67. The lowest BCUT2D eigenvalue weighted by atomic mass is 10.2. The maximum absolute atomic E-state index is 12.7. The molecule has 10 heteroatoms. The van der Waals surface area contributed by atoms with Crippen molar-refractivity contribution in [3.05, 3.63) is 61.9 Å². The molecule has 0 unspecified atom stereocenters. The van der Waals surface area contributed by atoms with Crippen molar-refractivity contribution in [3.8, 4) is 5.75 Å². The van der Waals surface area contributed by atoms with Gasteiger partial charge in [0.2, 0.25) is 0 Å². The summed E-state index contributed by atoms with van der Waals surface area (Å²) in [4.78, 5) is 27.9. The van der Waals surface area contributed by atoms with E-state index in [9.17, 15) is 14.9 Å². The molecule has 0 N–H and O–H groups in total. The first-order chi connectivity index (χ1) is 13.5. The Morgan fingerprint density at radius 1 is 1.32 bits per heavy atom. The molecule has 3 rings (SSSR count). The fraction of sp³-hybridized carbons (Fsp3) is 0.222. The second kappa shape index (κ2) is 8.51. The van der Waals surface area contributed by atoms with Crippen LogP contribution in [0.5, 0.6) is 5.75 Å². The molecule has 0 aliphatic rings. The molecular weight excluding hydrogens is 406 g/mol. The highest BCUT2D eigenvalue weighted by Gasteiger charge is 2.21. The molecule has 0 aliphatic heterocycles. The molecule has 3 aromatic rings. The maximum atomic E-state index is 12.7. The van der Waals surface area contributed by atoms with Crippen LogP contribution in [0.2, 0.25) is 5.02 Å². The quantitative estimate of drug-likeness (QED) is 0.447. The number of thiazole rings is 1. The van der Waals surface area contributed by atoms with Gasteiger partial charge in [-0.05, 0) is 24.3 Å². The van der Waals surface area contributed by atoms with Crippen molar-refractivity contribution in [1.82, 2.24) is 4.57 Å². The number of nitrogens with zero attached hydrogens (tertiary/aromatic N) is 3. The first-order valence-corrected chi connectivity index (χ1v) is 9.34. The Balaban J connectivity index is 2.20. The number of carbonyl (C=O) groups excluding carboxylic acids is 1. The van der Waals surface area contributed by atoms with Gasteiger partial charge in [0, 0.05) is 24.7 Å². The van der Waals surface area contributed by atoms with E-state index in [1.54, 1.807) is 18.8 Å². The minimum atomic E-state index is -0.745. The van der Waals surface area contributed by atoms with Crippen LogP contribution < -0.4 is 9.54 Å². The Bertz CT molecular complexity index is 1120. The van der Waals surface area contributed by atoms with Gasteiger partial charge < -0.3 is 14.0 Å². The van der Waals surface area contributed by atoms with Gasteiger partial charge in [-0.3, -0.25) is 14.9 Å². The van der Waals surface area contributed by atoms with Crippen LogP contribution in [0.1, 0.15) is 10.4 Å². The summed E-state index contributed by atoms with van der Waals surface area (Å²) in [5.74, 6) is -0.113. The van der Waals surface area contributed by atoms with Gasteiger partial charge in [-0.15, -0.1) is 0 Å². The normalized spacial score (nSPS) is 11.8. The van der Waals surface area contributed by atoms with Gasteiger partial charge in [-0.25, -0.2) is 0 Å². The lowest BCUT2D eigenvalue weighted by Crippen LogP contribution is -2.20. The molecule has 8 nitrogen and oxygen atoms in total. The number of halogens is 1. The third kappa shape index (κ3) is 3.91. The second-order valence-corrected chi connectivity index (χ2v) is 7.12. The third-order valence-electron chi connectivity index (χ3n) is 3.99. The number of amides is 1. The van der Waals surface area contributed by atoms with E-state index in [4.69, 9.17) is 21.1 Å². The molecule has 146 valence electrons. The average Bonchev–Trinajstić information content (AvgIpc) is 3.02. The SMILES string of the molecule is COCCn1c(=NC(=O)c2cc(Cl)ccc2[N+](=O)[O-])sc2cccc(OC)c21. The zero-order valence-electron chi connectivity index (χ0n) is 15.0. The van der Waals surface area contributed by atoms with Crippen LogP contribution in [-0.2, 0) is 11.3 Å². The van der Waals surface area contributed by atoms with Crippen molar-refractivity contribution in [2.24, 2.45) is 4.99 Å². The molecule has 0 spiro atoms. The van der Waals surface area contributed by atoms with Gasteiger partial charge >= 0.3 is 0 Å². The summed E-state index contributed by atoms with van der Waals surface area (Å²) in [6, 6.07) is 9.34. The minimum absolute atomic E-state index is 0.166. The van der Waals surface area contributed by atoms with Crippen molar-refractivity contribution in [3.63, 3.8) is 0 Å². The standard InChI is InChI=1S/C18H16ClN3O5S/c1-26-9-8-21-16-14(27-2)4-3-5-15(16)28-18(21)20-17(23)12-10-11(19)6-7-13(12)22(24)25/h3-7,10H,8-9H2,1-2H3. The number of rotatable bonds is 6. The Kier molecular flexibility index (Phi) is 6.08. The average molecular weight is 422 g/mol. The third-order valence-corrected chi connectivity index (χ3v) is 5.26. The molecule has 0 fully saturated rings. The predicted molar refractivity (Wildman–Crippen MR) is 106 cm³/mol. The number of aromatic nitrogens is 1. The zero-order valence-corrected chi connectivity index (χ0v) is 16.6. The molecule has 28 heavy (non-hydrogen) atoms. The van der Waals surface area contributed by atoms with Crippen molar-refractivity contribution in [2.45, 2.75) is 6.54 Å². The van der Waals surface area contributed by atoms with E-state index in [2.05, 4.69) is 4.99 Å². The lowest BCUT2D eigenvalue weighted by molar-refractivity contribution is -0.385. The molecule has 0 atom stereocenters. The number of nitro benzene ring substituents is 1. The topological polar surface area (TPSA) is 96.0 Å². The predicted octanol–water partition coefficient (Wildman–Crippen LogP) is 3.66. The number of para-hydroxylation sites is 1. The van der Waals surface area contributed by atoms with E-state index in [1.165, 1.54) is 29.5 Å². The number of fused-ring (bicyclic) bond motifs is 1. The summed E-state index contributed by atoms with van der Waals surface area (Å²) in [7, 11) is 3.13. The number of nitro groups is 1. The number of benzene rings is 2. The molecule has 0 radical (unpaired) electrons. The summed E-state index contributed by atoms with van der Waals surface area (Å²) in [5, 5.41) is 11.5. The van der Waals surface area contributed by atoms with Crippen LogP contribution in [-0.4, -0.2) is 36.2 Å². The first kappa shape index (κ1) is 20.0. The summed E-state index contributed by atoms with van der Waals surface area (Å²) in [6.45, 7) is 0.823. The minimum Gasteiger partial charge on any atom is -0.495 e. The summed E-state index contributed by atoms with van der Waals surface area (Å²) in [5.41, 5.74) is 0.264. The van der Waals surface area contributed by atoms with Gasteiger partial charge in [-0.2, -0.15) is 4.99 Å². The Morgan fingerprint density at radius 3 is 2.79 bits per heavy atom. The van der Waals surface area contributed by atoms with Gasteiger partial charge in [0.05, 0.1) is 23.3 Å². The monoisotopic (exact) mass is 421 g/mol. The van der Waals surface area contributed by atoms with Gasteiger partial charge in [0.1, 0.15) is 16.8 Å². The maximum Gasteiger partial charge on any atom is 0.286 e. The molecule has 0 aliphatic carbocycles. The number of methoxy groups -OCH3 is 2. The smallest absolute Gasteiger partial charge is 0.286 e. The van der Waals surface area contributed by atoms with Crippen LogP contribution in [0.25, 0.3) is 10.2 Å². The number of carbonyl (C=O) groups is 1. The molecule has 0 saturated carbocycles. The molecule has 1 heterocycles. The summed E-state index contributed by atoms with van der Waals surface area (Å²) >= 11 is 7.20. The molecule has 2 aromatic carbocycles. The van der Waals surface area contributed by atoms with Gasteiger partial charge in [0.15, 0.2) is 4.80 Å². The first-order valence-electron chi connectivity index (χ1n) is 8.14. The van der Waals surface area contributed by atoms with Crippen LogP contribution in [0.3, 0.4) is 0 Å². The molecule has 0 bridgehead atoms. The fourth-order valence-corrected chi connectivity index (χ4v) is 3.97. The van der Waals surface area contributed by atoms with Crippen LogP contribution >= 0.6 is 22.9 Å². The van der Waals surface area contributed by atoms with E-state index in [-0.39, 0.29) is 16.3 Å². The van der Waals surface area contributed by atoms with E-state index in [1.807, 2.05) is 18.2 Å². The highest BCUT2D eigenvalue weighted by atomic mass is 35.5. The van der Waals surface area contributed by atoms with E-state index >= 15 is 0 Å². The highest BCUT2D eigenvalue weighted by Crippen LogP contribution is 2.28. The molecular formula is C18H16ClN3O5S. The van der Waals surface area contributed by atoms with Gasteiger partial charge in [0.25, 0.3) is 11.6 Å². The number of hydrogen-bond donors (Lipinski definition) is 0. The van der Waals surface area contributed by atoms with Gasteiger partial charge in [-0.1, -0.05) is 29.0 Å². The fourth-order valence-electron chi connectivity index (χ4n) is 2.72. The summed E-state index contributed by atoms with van der Waals surface area (Å²) in [6.07, 6.45) is 0. The Labute approximate surface area is 168 Å². The Morgan fingerprint density at radius 2 is 2.11 bits per heavy atom. The van der Waals surface area contributed by atoms with Crippen molar-refractivity contribution in [1.29, 1.82) is 0 Å². The molecule has 1 aromatic heterocycles. The van der Waals surface area contributed by atoms with E-state index < -0.39 is 10.8 Å². The van der Waals surface area contributed by atoms with Crippen molar-refractivity contribution >= 4 is 44.7 Å². The summed E-state index contributed by atoms with van der Waals surface area (Å²) < 4.78 is 13.3. The van der Waals surface area contributed by atoms with Crippen LogP contribution in [0, 0.1) is 10.1 Å². The zero-order chi connectivity index (χ0) is 20.3. The largest absolute Gasteiger partial charge is 0.495 e. The van der Waals surface area contributed by atoms with E-state index in [0.29, 0.717) is 23.7 Å². The lowest BCUT2D eigenvalue weighted by Gasteiger charge is -2.08. The van der Waals surface area contributed by atoms with E-state index in [0.717, 1.165) is 10.2 Å². The van der Waals surface area contributed by atoms with Crippen LogP contribution in [0.15, 0.2) is 41.4 Å². The Hall–Kier alpha value is -2.75. The molecule has 0 saturated heterocycles. The highest BCUT2D eigenvalue weighted by molar-refractivity contribution is 7.16. The molecule has 1 amide bonds. The van der Waals surface area contributed by atoms with Crippen molar-refractivity contribution in [2.75, 3.05) is 20.8 Å². The number of hydrogen-bond acceptors (Lipinski definition) is 6. The van der Waals surface area contributed by atoms with Crippen molar-refractivity contribution < 1.29 is 19.2 Å². The number of ether oxygens (including phenoxy) is 2. The van der Waals surface area contributed by atoms with Crippen LogP contribution in [0.4, 0.5) is 5.69 Å².